The number of halogens is 3. The van der Waals surface area contributed by atoms with E-state index in [1.54, 1.807) is 12.1 Å². The lowest BCUT2D eigenvalue weighted by Gasteiger charge is -2.02. The maximum atomic E-state index is 12.0. The number of carbonyl (C=O) groups excluding carboxylic acids is 1. The van der Waals surface area contributed by atoms with Crippen molar-refractivity contribution in [3.05, 3.63) is 54.6 Å². The van der Waals surface area contributed by atoms with Crippen LogP contribution in [-0.2, 0) is 6.42 Å². The van der Waals surface area contributed by atoms with Crippen LogP contribution in [0.25, 0.3) is 0 Å². The Bertz CT molecular complexity index is 565. The molecular formula is C12H7BrCl2OS. The third-order valence-corrected chi connectivity index (χ3v) is 4.84. The second kappa shape index (κ2) is 5.53. The van der Waals surface area contributed by atoms with E-state index in [0.29, 0.717) is 16.5 Å². The van der Waals surface area contributed by atoms with Crippen LogP contribution in [0.5, 0.6) is 0 Å². The van der Waals surface area contributed by atoms with E-state index >= 15 is 0 Å². The van der Waals surface area contributed by atoms with Gasteiger partial charge in [0, 0.05) is 10.9 Å². The van der Waals surface area contributed by atoms with E-state index in [4.69, 9.17) is 23.2 Å². The number of rotatable bonds is 3. The highest BCUT2D eigenvalue weighted by atomic mass is 79.9. The van der Waals surface area contributed by atoms with Crippen molar-refractivity contribution in [1.82, 2.24) is 0 Å². The van der Waals surface area contributed by atoms with Crippen LogP contribution < -0.4 is 0 Å². The van der Waals surface area contributed by atoms with Crippen molar-refractivity contribution in [3.8, 4) is 0 Å². The average Bonchev–Trinajstić information content (AvgIpc) is 2.70. The maximum Gasteiger partial charge on any atom is 0.178 e. The van der Waals surface area contributed by atoms with Crippen molar-refractivity contribution in [3.63, 3.8) is 0 Å². The Labute approximate surface area is 121 Å². The van der Waals surface area contributed by atoms with Crippen LogP contribution in [0.4, 0.5) is 0 Å². The second-order valence-corrected chi connectivity index (χ2v) is 6.03. The summed E-state index contributed by atoms with van der Waals surface area (Å²) in [5.41, 5.74) is 0.865. The van der Waals surface area contributed by atoms with Crippen molar-refractivity contribution >= 4 is 56.3 Å². The lowest BCUT2D eigenvalue weighted by atomic mass is 10.1. The Hall–Kier alpha value is -0.350. The van der Waals surface area contributed by atoms with Crippen LogP contribution >= 0.6 is 50.5 Å². The molecule has 5 heteroatoms. The topological polar surface area (TPSA) is 17.1 Å². The Morgan fingerprint density at radius 1 is 1.24 bits per heavy atom. The zero-order valence-electron chi connectivity index (χ0n) is 8.54. The molecule has 0 N–H and O–H groups in total. The summed E-state index contributed by atoms with van der Waals surface area (Å²) in [5, 5.41) is 2.86. The molecule has 0 saturated heterocycles. The molecule has 0 bridgehead atoms. The largest absolute Gasteiger partial charge is 0.293 e. The van der Waals surface area contributed by atoms with Gasteiger partial charge in [-0.25, -0.2) is 0 Å². The van der Waals surface area contributed by atoms with Gasteiger partial charge in [0.25, 0.3) is 0 Å². The van der Waals surface area contributed by atoms with Crippen LogP contribution in [0.1, 0.15) is 15.2 Å². The van der Waals surface area contributed by atoms with Crippen LogP contribution in [0.15, 0.2) is 34.1 Å². The first-order chi connectivity index (χ1) is 8.08. The molecule has 0 saturated carbocycles. The van der Waals surface area contributed by atoms with Gasteiger partial charge in [0.05, 0.1) is 14.9 Å². The molecule has 0 radical (unpaired) electrons. The number of carbonyl (C=O) groups is 1. The molecule has 88 valence electrons. The Balaban J connectivity index is 2.19. The van der Waals surface area contributed by atoms with E-state index in [1.807, 2.05) is 17.5 Å². The number of Topliss-reactive ketones (excluding diaryl/α,β-unsaturated/α-hetero) is 1. The smallest absolute Gasteiger partial charge is 0.178 e. The zero-order valence-corrected chi connectivity index (χ0v) is 12.5. The van der Waals surface area contributed by atoms with E-state index in [0.717, 1.165) is 14.9 Å². The van der Waals surface area contributed by atoms with Crippen molar-refractivity contribution in [1.29, 1.82) is 0 Å². The number of hydrogen-bond acceptors (Lipinski definition) is 2. The Kier molecular flexibility index (Phi) is 4.26. The summed E-state index contributed by atoms with van der Waals surface area (Å²) >= 11 is 16.5. The predicted molar refractivity (Wildman–Crippen MR) is 76.5 cm³/mol. The molecule has 1 heterocycles. The summed E-state index contributed by atoms with van der Waals surface area (Å²) in [6.45, 7) is 0. The number of benzene rings is 1. The molecule has 0 spiro atoms. The average molecular weight is 350 g/mol. The summed E-state index contributed by atoms with van der Waals surface area (Å²) in [6.07, 6.45) is 0.329. The minimum absolute atomic E-state index is 0.0743. The van der Waals surface area contributed by atoms with Gasteiger partial charge in [0.1, 0.15) is 0 Å². The normalized spacial score (nSPS) is 10.5. The lowest BCUT2D eigenvalue weighted by molar-refractivity contribution is 0.0996. The minimum Gasteiger partial charge on any atom is -0.293 e. The summed E-state index contributed by atoms with van der Waals surface area (Å²) in [6, 6.07) is 7.11. The van der Waals surface area contributed by atoms with Crippen LogP contribution in [0.3, 0.4) is 0 Å². The first kappa shape index (κ1) is 13.1. The van der Waals surface area contributed by atoms with Crippen LogP contribution in [0, 0.1) is 0 Å². The van der Waals surface area contributed by atoms with Gasteiger partial charge >= 0.3 is 0 Å². The fourth-order valence-corrected chi connectivity index (χ4v) is 3.26. The second-order valence-electron chi connectivity index (χ2n) is 3.45. The van der Waals surface area contributed by atoms with Gasteiger partial charge in [-0.1, -0.05) is 29.3 Å². The summed E-state index contributed by atoms with van der Waals surface area (Å²) in [5.74, 6) is 0.0743. The molecule has 0 amide bonds. The number of hydrogen-bond donors (Lipinski definition) is 0. The molecule has 1 nitrogen and oxygen atoms in total. The van der Waals surface area contributed by atoms with Gasteiger partial charge in [-0.05, 0) is 45.1 Å². The molecule has 2 rings (SSSR count). The highest BCUT2D eigenvalue weighted by Gasteiger charge is 2.12. The summed E-state index contributed by atoms with van der Waals surface area (Å²) < 4.78 is 0.840. The Morgan fingerprint density at radius 3 is 2.59 bits per heavy atom. The van der Waals surface area contributed by atoms with E-state index < -0.39 is 0 Å². The zero-order chi connectivity index (χ0) is 12.4. The quantitative estimate of drug-likeness (QED) is 0.692. The van der Waals surface area contributed by atoms with E-state index in [2.05, 4.69) is 15.9 Å². The molecule has 1 aromatic carbocycles. The standard InChI is InChI=1S/C12H7BrCl2OS/c13-8-3-4-17-12(8)11(16)6-7-1-2-9(14)10(15)5-7/h1-5H,6H2. The summed E-state index contributed by atoms with van der Waals surface area (Å²) in [7, 11) is 0. The minimum atomic E-state index is 0.0743. The first-order valence-electron chi connectivity index (χ1n) is 4.78. The molecule has 17 heavy (non-hydrogen) atoms. The number of thiophene rings is 1. The van der Waals surface area contributed by atoms with Crippen molar-refractivity contribution < 1.29 is 4.79 Å². The highest BCUT2D eigenvalue weighted by molar-refractivity contribution is 9.10. The summed E-state index contributed by atoms with van der Waals surface area (Å²) in [4.78, 5) is 12.7. The van der Waals surface area contributed by atoms with Gasteiger partial charge in [0.15, 0.2) is 5.78 Å². The fourth-order valence-electron chi connectivity index (χ4n) is 1.41. The third kappa shape index (κ3) is 3.10. The molecule has 0 aliphatic heterocycles. The Morgan fingerprint density at radius 2 is 2.00 bits per heavy atom. The molecule has 0 fully saturated rings. The van der Waals surface area contributed by atoms with E-state index in [9.17, 15) is 4.79 Å². The van der Waals surface area contributed by atoms with Gasteiger partial charge in [0.2, 0.25) is 0 Å². The lowest BCUT2D eigenvalue weighted by Crippen LogP contribution is -2.01. The van der Waals surface area contributed by atoms with Gasteiger partial charge in [-0.2, -0.15) is 0 Å². The van der Waals surface area contributed by atoms with E-state index in [-0.39, 0.29) is 5.78 Å². The first-order valence-corrected chi connectivity index (χ1v) is 7.21. The predicted octanol–water partition coefficient (Wildman–Crippen LogP) is 5.24. The molecule has 0 aliphatic rings. The molecule has 0 atom stereocenters. The maximum absolute atomic E-state index is 12.0. The molecular weight excluding hydrogens is 343 g/mol. The molecule has 0 unspecified atom stereocenters. The third-order valence-electron chi connectivity index (χ3n) is 2.22. The van der Waals surface area contributed by atoms with Crippen LogP contribution in [-0.4, -0.2) is 5.78 Å². The van der Waals surface area contributed by atoms with Gasteiger partial charge in [-0.3, -0.25) is 4.79 Å². The molecule has 2 aromatic rings. The van der Waals surface area contributed by atoms with Crippen molar-refractivity contribution in [2.45, 2.75) is 6.42 Å². The van der Waals surface area contributed by atoms with Crippen LogP contribution in [0.2, 0.25) is 10.0 Å². The van der Waals surface area contributed by atoms with Gasteiger partial charge in [-0.15, -0.1) is 11.3 Å². The monoisotopic (exact) mass is 348 g/mol. The van der Waals surface area contributed by atoms with Crippen molar-refractivity contribution in [2.75, 3.05) is 0 Å². The highest BCUT2D eigenvalue weighted by Crippen LogP contribution is 2.26. The van der Waals surface area contributed by atoms with Crippen molar-refractivity contribution in [2.24, 2.45) is 0 Å². The fraction of sp³-hybridized carbons (Fsp3) is 0.0833. The van der Waals surface area contributed by atoms with Gasteiger partial charge < -0.3 is 0 Å². The molecule has 0 aliphatic carbocycles. The number of ketones is 1. The SMILES string of the molecule is O=C(Cc1ccc(Cl)c(Cl)c1)c1sccc1Br. The van der Waals surface area contributed by atoms with E-state index in [1.165, 1.54) is 11.3 Å². The molecule has 1 aromatic heterocycles.